The Labute approximate surface area is 115 Å². The molecule has 1 heterocycles. The summed E-state index contributed by atoms with van der Waals surface area (Å²) in [5, 5.41) is 6.32. The van der Waals surface area contributed by atoms with Gasteiger partial charge in [-0.2, -0.15) is 0 Å². The molecule has 0 bridgehead atoms. The molecule has 0 saturated heterocycles. The molecule has 2 rings (SSSR count). The van der Waals surface area contributed by atoms with E-state index in [4.69, 9.17) is 0 Å². The van der Waals surface area contributed by atoms with Crippen LogP contribution in [0.5, 0.6) is 0 Å². The van der Waals surface area contributed by atoms with Gasteiger partial charge in [-0.15, -0.1) is 0 Å². The molecule has 0 radical (unpaired) electrons. The fraction of sp³-hybridized carbons (Fsp3) is 0.600. The molecule has 1 unspecified atom stereocenters. The molecule has 1 atom stereocenters. The van der Waals surface area contributed by atoms with Crippen molar-refractivity contribution in [1.29, 1.82) is 0 Å². The summed E-state index contributed by atoms with van der Waals surface area (Å²) < 4.78 is 0. The van der Waals surface area contributed by atoms with Gasteiger partial charge in [0.25, 0.3) is 5.91 Å². The average molecular weight is 261 g/mol. The molecule has 2 N–H and O–H groups in total. The van der Waals surface area contributed by atoms with Crippen LogP contribution in [0.25, 0.3) is 0 Å². The van der Waals surface area contributed by atoms with Gasteiger partial charge in [0.15, 0.2) is 0 Å². The zero-order valence-corrected chi connectivity index (χ0v) is 11.8. The Morgan fingerprint density at radius 2 is 2.26 bits per heavy atom. The fourth-order valence-electron chi connectivity index (χ4n) is 2.27. The molecule has 1 aliphatic rings. The summed E-state index contributed by atoms with van der Waals surface area (Å²) in [6.07, 6.45) is 8.13. The number of rotatable bonds is 7. The van der Waals surface area contributed by atoms with Crippen molar-refractivity contribution in [2.24, 2.45) is 5.92 Å². The average Bonchev–Trinajstić information content (AvgIpc) is 3.23. The van der Waals surface area contributed by atoms with Gasteiger partial charge in [0, 0.05) is 18.8 Å². The van der Waals surface area contributed by atoms with Crippen LogP contribution in [0.1, 0.15) is 49.9 Å². The molecule has 1 amide bonds. The van der Waals surface area contributed by atoms with Gasteiger partial charge >= 0.3 is 0 Å². The lowest BCUT2D eigenvalue weighted by molar-refractivity contribution is 0.0933. The predicted octanol–water partition coefficient (Wildman–Crippen LogP) is 2.82. The first-order chi connectivity index (χ1) is 9.24. The number of nitrogens with one attached hydrogen (secondary N) is 2. The highest BCUT2D eigenvalue weighted by molar-refractivity contribution is 5.99. The number of hydrogen-bond donors (Lipinski definition) is 2. The van der Waals surface area contributed by atoms with Crippen LogP contribution in [0, 0.1) is 5.92 Å². The van der Waals surface area contributed by atoms with E-state index < -0.39 is 0 Å². The zero-order valence-electron chi connectivity index (χ0n) is 11.8. The summed E-state index contributed by atoms with van der Waals surface area (Å²) in [6.45, 7) is 4.92. The topological polar surface area (TPSA) is 54.0 Å². The minimum absolute atomic E-state index is 0.00542. The van der Waals surface area contributed by atoms with Crippen LogP contribution in [-0.4, -0.2) is 23.5 Å². The number of aromatic nitrogens is 1. The van der Waals surface area contributed by atoms with Gasteiger partial charge in [-0.3, -0.25) is 9.78 Å². The van der Waals surface area contributed by atoms with Crippen LogP contribution < -0.4 is 10.6 Å². The summed E-state index contributed by atoms with van der Waals surface area (Å²) in [5.41, 5.74) is 1.50. The van der Waals surface area contributed by atoms with Crippen LogP contribution in [-0.2, 0) is 0 Å². The Morgan fingerprint density at radius 3 is 2.89 bits per heavy atom. The SMILES string of the molecule is CCNc1cnccc1C(=O)NC(CC)CC1CC1. The number of anilines is 1. The lowest BCUT2D eigenvalue weighted by atomic mass is 10.1. The summed E-state index contributed by atoms with van der Waals surface area (Å²) >= 11 is 0. The highest BCUT2D eigenvalue weighted by Gasteiger charge is 2.26. The third-order valence-corrected chi connectivity index (χ3v) is 3.58. The molecule has 0 aromatic carbocycles. The molecular weight excluding hydrogens is 238 g/mol. The second-order valence-electron chi connectivity index (χ2n) is 5.21. The molecule has 1 aromatic heterocycles. The molecule has 1 saturated carbocycles. The molecule has 1 fully saturated rings. The van der Waals surface area contributed by atoms with Crippen molar-refractivity contribution in [3.8, 4) is 0 Å². The summed E-state index contributed by atoms with van der Waals surface area (Å²) in [5.74, 6) is 0.835. The molecule has 1 aliphatic carbocycles. The molecular formula is C15H23N3O. The summed E-state index contributed by atoms with van der Waals surface area (Å²) in [6, 6.07) is 2.07. The van der Waals surface area contributed by atoms with E-state index in [9.17, 15) is 4.79 Å². The monoisotopic (exact) mass is 261 g/mol. The molecule has 104 valence electrons. The molecule has 0 spiro atoms. The Hall–Kier alpha value is -1.58. The summed E-state index contributed by atoms with van der Waals surface area (Å²) in [4.78, 5) is 16.4. The summed E-state index contributed by atoms with van der Waals surface area (Å²) in [7, 11) is 0. The standard InChI is InChI=1S/C15H23N3O/c1-3-12(9-11-5-6-11)18-15(19)13-7-8-16-10-14(13)17-4-2/h7-8,10-12,17H,3-6,9H2,1-2H3,(H,18,19). The van der Waals surface area contributed by atoms with Gasteiger partial charge in [-0.05, 0) is 31.7 Å². The zero-order chi connectivity index (χ0) is 13.7. The van der Waals surface area contributed by atoms with E-state index in [0.717, 1.165) is 31.0 Å². The Balaban J connectivity index is 2.01. The first kappa shape index (κ1) is 13.8. The van der Waals surface area contributed by atoms with Crippen LogP contribution >= 0.6 is 0 Å². The minimum atomic E-state index is 0.00542. The van der Waals surface area contributed by atoms with Crippen molar-refractivity contribution >= 4 is 11.6 Å². The number of nitrogens with zero attached hydrogens (tertiary/aromatic N) is 1. The van der Waals surface area contributed by atoms with Gasteiger partial charge in [-0.25, -0.2) is 0 Å². The van der Waals surface area contributed by atoms with Crippen molar-refractivity contribution in [2.75, 3.05) is 11.9 Å². The maximum Gasteiger partial charge on any atom is 0.253 e. The van der Waals surface area contributed by atoms with Gasteiger partial charge in [0.05, 0.1) is 17.4 Å². The molecule has 4 heteroatoms. The van der Waals surface area contributed by atoms with E-state index >= 15 is 0 Å². The van der Waals surface area contributed by atoms with Crippen molar-refractivity contribution < 1.29 is 4.79 Å². The lowest BCUT2D eigenvalue weighted by Crippen LogP contribution is -2.35. The maximum atomic E-state index is 12.3. The quantitative estimate of drug-likeness (QED) is 0.793. The van der Waals surface area contributed by atoms with Crippen LogP contribution in [0.2, 0.25) is 0 Å². The van der Waals surface area contributed by atoms with Crippen LogP contribution in [0.4, 0.5) is 5.69 Å². The van der Waals surface area contributed by atoms with Gasteiger partial charge in [-0.1, -0.05) is 19.8 Å². The van der Waals surface area contributed by atoms with E-state index in [2.05, 4.69) is 22.5 Å². The maximum absolute atomic E-state index is 12.3. The third kappa shape index (κ3) is 3.94. The van der Waals surface area contributed by atoms with E-state index in [-0.39, 0.29) is 5.91 Å². The predicted molar refractivity (Wildman–Crippen MR) is 77.3 cm³/mol. The smallest absolute Gasteiger partial charge is 0.253 e. The van der Waals surface area contributed by atoms with Gasteiger partial charge in [0.1, 0.15) is 0 Å². The number of carbonyl (C=O) groups excluding carboxylic acids is 1. The van der Waals surface area contributed by atoms with E-state index in [1.807, 2.05) is 6.92 Å². The second kappa shape index (κ2) is 6.55. The molecule has 19 heavy (non-hydrogen) atoms. The molecule has 1 aromatic rings. The lowest BCUT2D eigenvalue weighted by Gasteiger charge is -2.18. The third-order valence-electron chi connectivity index (χ3n) is 3.58. The van der Waals surface area contributed by atoms with Crippen molar-refractivity contribution in [3.63, 3.8) is 0 Å². The highest BCUT2D eigenvalue weighted by Crippen LogP contribution is 2.34. The van der Waals surface area contributed by atoms with Crippen LogP contribution in [0.3, 0.4) is 0 Å². The largest absolute Gasteiger partial charge is 0.383 e. The van der Waals surface area contributed by atoms with Crippen molar-refractivity contribution in [2.45, 2.75) is 45.6 Å². The number of hydrogen-bond acceptors (Lipinski definition) is 3. The van der Waals surface area contributed by atoms with E-state index in [0.29, 0.717) is 11.6 Å². The van der Waals surface area contributed by atoms with Crippen LogP contribution in [0.15, 0.2) is 18.5 Å². The first-order valence-corrected chi connectivity index (χ1v) is 7.23. The Morgan fingerprint density at radius 1 is 1.47 bits per heavy atom. The Kier molecular flexibility index (Phi) is 4.77. The molecule has 4 nitrogen and oxygen atoms in total. The normalized spacial score (nSPS) is 15.9. The minimum Gasteiger partial charge on any atom is -0.383 e. The van der Waals surface area contributed by atoms with Crippen molar-refractivity contribution in [1.82, 2.24) is 10.3 Å². The molecule has 0 aliphatic heterocycles. The van der Waals surface area contributed by atoms with Crippen molar-refractivity contribution in [3.05, 3.63) is 24.0 Å². The number of pyridine rings is 1. The second-order valence-corrected chi connectivity index (χ2v) is 5.21. The first-order valence-electron chi connectivity index (χ1n) is 7.23. The van der Waals surface area contributed by atoms with E-state index in [1.165, 1.54) is 12.8 Å². The fourth-order valence-corrected chi connectivity index (χ4v) is 2.27. The Bertz CT molecular complexity index is 429. The number of carbonyl (C=O) groups is 1. The highest BCUT2D eigenvalue weighted by atomic mass is 16.1. The number of amides is 1. The van der Waals surface area contributed by atoms with Gasteiger partial charge in [0.2, 0.25) is 0 Å². The van der Waals surface area contributed by atoms with E-state index in [1.54, 1.807) is 18.5 Å². The van der Waals surface area contributed by atoms with Gasteiger partial charge < -0.3 is 10.6 Å².